The van der Waals surface area contributed by atoms with Crippen LogP contribution in [0.5, 0.6) is 11.5 Å². The van der Waals surface area contributed by atoms with Gasteiger partial charge in [0.25, 0.3) is 0 Å². The van der Waals surface area contributed by atoms with E-state index >= 15 is 0 Å². The molecule has 0 atom stereocenters. The number of rotatable bonds is 10. The van der Waals surface area contributed by atoms with E-state index in [2.05, 4.69) is 12.2 Å². The van der Waals surface area contributed by atoms with Crippen LogP contribution in [0.25, 0.3) is 0 Å². The average molecular weight is 343 g/mol. The van der Waals surface area contributed by atoms with Gasteiger partial charge in [0.15, 0.2) is 11.5 Å². The first kappa shape index (κ1) is 18.8. The monoisotopic (exact) mass is 343 g/mol. The lowest BCUT2D eigenvalue weighted by Gasteiger charge is -2.16. The van der Waals surface area contributed by atoms with Gasteiger partial charge >= 0.3 is 5.97 Å². The zero-order chi connectivity index (χ0) is 18.1. The number of ether oxygens (including phenoxy) is 2. The summed E-state index contributed by atoms with van der Waals surface area (Å²) in [6.45, 7) is 6.55. The van der Waals surface area contributed by atoms with Crippen molar-refractivity contribution >= 4 is 5.97 Å². The minimum Gasteiger partial charge on any atom is -0.490 e. The van der Waals surface area contributed by atoms with Crippen molar-refractivity contribution in [3.8, 4) is 11.5 Å². The molecule has 2 rings (SSSR count). The van der Waals surface area contributed by atoms with E-state index in [0.29, 0.717) is 31.9 Å². The van der Waals surface area contributed by atoms with Crippen molar-refractivity contribution in [3.63, 3.8) is 0 Å². The average Bonchev–Trinajstić information content (AvgIpc) is 2.62. The maximum atomic E-state index is 10.9. The van der Waals surface area contributed by atoms with Crippen LogP contribution in [0.2, 0.25) is 0 Å². The van der Waals surface area contributed by atoms with Crippen molar-refractivity contribution in [1.82, 2.24) is 5.32 Å². The van der Waals surface area contributed by atoms with E-state index in [1.54, 1.807) is 12.1 Å². The number of nitrogens with one attached hydrogen (secondary N) is 1. The van der Waals surface area contributed by atoms with Gasteiger partial charge in [0.2, 0.25) is 0 Å². The van der Waals surface area contributed by atoms with Gasteiger partial charge in [0, 0.05) is 18.7 Å². The number of benzene rings is 2. The van der Waals surface area contributed by atoms with E-state index < -0.39 is 5.97 Å². The van der Waals surface area contributed by atoms with Crippen LogP contribution in [0.1, 0.15) is 41.8 Å². The molecule has 0 saturated heterocycles. The topological polar surface area (TPSA) is 67.8 Å². The van der Waals surface area contributed by atoms with Crippen LogP contribution in [-0.4, -0.2) is 24.3 Å². The highest BCUT2D eigenvalue weighted by atomic mass is 16.5. The SMILES string of the molecule is CCCOc1c(CNCc2ccc(C(=O)O)cc2)cccc1OCC. The highest BCUT2D eigenvalue weighted by Gasteiger charge is 2.11. The van der Waals surface area contributed by atoms with Crippen LogP contribution in [0.3, 0.4) is 0 Å². The number of carboxylic acids is 1. The standard InChI is InChI=1S/C20H25NO4/c1-3-12-25-19-17(6-5-7-18(19)24-4-2)14-21-13-15-8-10-16(11-9-15)20(22)23/h5-11,21H,3-4,12-14H2,1-2H3,(H,22,23). The van der Waals surface area contributed by atoms with Gasteiger partial charge in [-0.2, -0.15) is 0 Å². The minimum atomic E-state index is -0.912. The Balaban J connectivity index is 2.01. The molecule has 25 heavy (non-hydrogen) atoms. The zero-order valence-corrected chi connectivity index (χ0v) is 14.7. The van der Waals surface area contributed by atoms with Gasteiger partial charge in [0.1, 0.15) is 0 Å². The molecule has 0 bridgehead atoms. The lowest BCUT2D eigenvalue weighted by Crippen LogP contribution is -2.14. The molecule has 0 radical (unpaired) electrons. The van der Waals surface area contributed by atoms with Crippen LogP contribution in [0.15, 0.2) is 42.5 Å². The van der Waals surface area contributed by atoms with E-state index in [9.17, 15) is 4.79 Å². The molecule has 0 unspecified atom stereocenters. The van der Waals surface area contributed by atoms with Gasteiger partial charge in [-0.15, -0.1) is 0 Å². The third-order valence-electron chi connectivity index (χ3n) is 3.66. The van der Waals surface area contributed by atoms with Gasteiger partial charge in [-0.1, -0.05) is 31.2 Å². The largest absolute Gasteiger partial charge is 0.490 e. The fraction of sp³-hybridized carbons (Fsp3) is 0.350. The molecule has 2 aromatic rings. The first-order chi connectivity index (χ1) is 12.2. The molecule has 0 spiro atoms. The van der Waals surface area contributed by atoms with E-state index in [0.717, 1.165) is 29.0 Å². The molecule has 0 heterocycles. The molecule has 0 saturated carbocycles. The lowest BCUT2D eigenvalue weighted by atomic mass is 10.1. The summed E-state index contributed by atoms with van der Waals surface area (Å²) in [4.78, 5) is 10.9. The van der Waals surface area contributed by atoms with Gasteiger partial charge in [-0.05, 0) is 37.1 Å². The normalized spacial score (nSPS) is 10.5. The molecular formula is C20H25NO4. The van der Waals surface area contributed by atoms with Crippen molar-refractivity contribution in [2.75, 3.05) is 13.2 Å². The lowest BCUT2D eigenvalue weighted by molar-refractivity contribution is 0.0697. The minimum absolute atomic E-state index is 0.295. The quantitative estimate of drug-likeness (QED) is 0.685. The number of aromatic carboxylic acids is 1. The number of hydrogen-bond acceptors (Lipinski definition) is 4. The molecule has 0 aromatic heterocycles. The van der Waals surface area contributed by atoms with E-state index in [4.69, 9.17) is 14.6 Å². The molecule has 0 aliphatic rings. The van der Waals surface area contributed by atoms with E-state index in [-0.39, 0.29) is 0 Å². The van der Waals surface area contributed by atoms with Crippen LogP contribution in [0.4, 0.5) is 0 Å². The van der Waals surface area contributed by atoms with Gasteiger partial charge < -0.3 is 19.9 Å². The summed E-state index contributed by atoms with van der Waals surface area (Å²) in [5.74, 6) is 0.644. The number of para-hydroxylation sites is 1. The third kappa shape index (κ3) is 5.50. The van der Waals surface area contributed by atoms with Crippen molar-refractivity contribution in [3.05, 3.63) is 59.2 Å². The Hall–Kier alpha value is -2.53. The Bertz CT molecular complexity index is 683. The Kier molecular flexibility index (Phi) is 7.29. The molecule has 2 N–H and O–H groups in total. The maximum absolute atomic E-state index is 10.9. The summed E-state index contributed by atoms with van der Waals surface area (Å²) < 4.78 is 11.6. The van der Waals surface area contributed by atoms with E-state index in [1.807, 2.05) is 37.3 Å². The molecule has 134 valence electrons. The Labute approximate surface area is 148 Å². The van der Waals surface area contributed by atoms with Crippen molar-refractivity contribution in [2.24, 2.45) is 0 Å². The van der Waals surface area contributed by atoms with Crippen LogP contribution < -0.4 is 14.8 Å². The molecule has 0 fully saturated rings. The molecule has 2 aromatic carbocycles. The molecular weight excluding hydrogens is 318 g/mol. The van der Waals surface area contributed by atoms with Gasteiger partial charge in [-0.25, -0.2) is 4.79 Å². The molecule has 5 nitrogen and oxygen atoms in total. The fourth-order valence-corrected chi connectivity index (χ4v) is 2.44. The first-order valence-corrected chi connectivity index (χ1v) is 8.56. The number of hydrogen-bond donors (Lipinski definition) is 2. The second kappa shape index (κ2) is 9.69. The highest BCUT2D eigenvalue weighted by Crippen LogP contribution is 2.31. The van der Waals surface area contributed by atoms with Crippen LogP contribution in [-0.2, 0) is 13.1 Å². The number of carbonyl (C=O) groups is 1. The summed E-state index contributed by atoms with van der Waals surface area (Å²) in [5.41, 5.74) is 2.37. The highest BCUT2D eigenvalue weighted by molar-refractivity contribution is 5.87. The summed E-state index contributed by atoms with van der Waals surface area (Å²) in [6.07, 6.45) is 0.934. The Morgan fingerprint density at radius 2 is 1.80 bits per heavy atom. The van der Waals surface area contributed by atoms with E-state index in [1.165, 1.54) is 0 Å². The van der Waals surface area contributed by atoms with Gasteiger partial charge in [0.05, 0.1) is 18.8 Å². The Morgan fingerprint density at radius 3 is 2.44 bits per heavy atom. The summed E-state index contributed by atoms with van der Waals surface area (Å²) >= 11 is 0. The molecule has 0 aliphatic heterocycles. The molecule has 5 heteroatoms. The smallest absolute Gasteiger partial charge is 0.335 e. The van der Waals surface area contributed by atoms with Crippen LogP contribution in [0, 0.1) is 0 Å². The zero-order valence-electron chi connectivity index (χ0n) is 14.7. The second-order valence-electron chi connectivity index (χ2n) is 5.63. The van der Waals surface area contributed by atoms with Crippen molar-refractivity contribution < 1.29 is 19.4 Å². The Morgan fingerprint density at radius 1 is 1.04 bits per heavy atom. The maximum Gasteiger partial charge on any atom is 0.335 e. The third-order valence-corrected chi connectivity index (χ3v) is 3.66. The summed E-state index contributed by atoms with van der Waals surface area (Å²) in [5, 5.41) is 12.3. The van der Waals surface area contributed by atoms with Crippen molar-refractivity contribution in [2.45, 2.75) is 33.4 Å². The first-order valence-electron chi connectivity index (χ1n) is 8.56. The summed E-state index contributed by atoms with van der Waals surface area (Å²) in [6, 6.07) is 12.8. The van der Waals surface area contributed by atoms with Crippen LogP contribution >= 0.6 is 0 Å². The summed E-state index contributed by atoms with van der Waals surface area (Å²) in [7, 11) is 0. The number of carboxylic acid groups (broad SMARTS) is 1. The van der Waals surface area contributed by atoms with Gasteiger partial charge in [-0.3, -0.25) is 0 Å². The van der Waals surface area contributed by atoms with Crippen molar-refractivity contribution in [1.29, 1.82) is 0 Å². The predicted octanol–water partition coefficient (Wildman–Crippen LogP) is 3.86. The predicted molar refractivity (Wildman–Crippen MR) is 97.3 cm³/mol. The molecule has 0 amide bonds. The second-order valence-corrected chi connectivity index (χ2v) is 5.63. The fourth-order valence-electron chi connectivity index (χ4n) is 2.44. The molecule has 0 aliphatic carbocycles.